The smallest absolute Gasteiger partial charge is 0.261 e. The molecule has 0 bridgehead atoms. The Morgan fingerprint density at radius 3 is 2.39 bits per heavy atom. The fraction of sp³-hybridized carbons (Fsp3) is 0.364. The van der Waals surface area contributed by atoms with Gasteiger partial charge in [-0.1, -0.05) is 12.1 Å². The van der Waals surface area contributed by atoms with Crippen LogP contribution >= 0.6 is 0 Å². The molecule has 7 nitrogen and oxygen atoms in total. The molecule has 1 amide bonds. The number of hydrogen-bond donors (Lipinski definition) is 1. The van der Waals surface area contributed by atoms with E-state index in [4.69, 9.17) is 10.00 Å². The highest BCUT2D eigenvalue weighted by atomic mass is 32.2. The molecule has 0 unspecified atom stereocenters. The average molecular weight is 446 g/mol. The quantitative estimate of drug-likeness (QED) is 0.673. The first-order valence-electron chi connectivity index (χ1n) is 10.0. The predicted molar refractivity (Wildman–Crippen MR) is 113 cm³/mol. The van der Waals surface area contributed by atoms with Crippen molar-refractivity contribution in [2.24, 2.45) is 0 Å². The number of carbonyl (C=O) groups excluding carboxylic acids is 1. The molecular weight excluding hydrogens is 421 g/mol. The molecule has 1 N–H and O–H groups in total. The van der Waals surface area contributed by atoms with Crippen molar-refractivity contribution in [1.29, 1.82) is 5.26 Å². The van der Waals surface area contributed by atoms with Crippen LogP contribution in [-0.4, -0.2) is 45.0 Å². The normalized spacial score (nSPS) is 14.6. The van der Waals surface area contributed by atoms with Gasteiger partial charge in [-0.2, -0.15) is 5.26 Å². The van der Waals surface area contributed by atoms with E-state index in [2.05, 4.69) is 10.8 Å². The van der Waals surface area contributed by atoms with E-state index in [0.29, 0.717) is 25.4 Å². The van der Waals surface area contributed by atoms with E-state index in [1.165, 1.54) is 12.1 Å². The van der Waals surface area contributed by atoms with Gasteiger partial charge in [-0.05, 0) is 54.8 Å². The number of amides is 1. The second kappa shape index (κ2) is 10.4. The van der Waals surface area contributed by atoms with Gasteiger partial charge in [0, 0.05) is 31.5 Å². The van der Waals surface area contributed by atoms with E-state index in [0.717, 1.165) is 30.5 Å². The molecule has 1 fully saturated rings. The summed E-state index contributed by atoms with van der Waals surface area (Å²) < 4.78 is 45.7. The molecular formula is C22H24FN3O4S. The lowest BCUT2D eigenvalue weighted by molar-refractivity contribution is -0.134. The first-order chi connectivity index (χ1) is 14.9. The first-order valence-corrected chi connectivity index (χ1v) is 11.5. The highest BCUT2D eigenvalue weighted by Gasteiger charge is 2.25. The summed E-state index contributed by atoms with van der Waals surface area (Å²) in [6.07, 6.45) is 1.93. The van der Waals surface area contributed by atoms with Crippen LogP contribution in [0.25, 0.3) is 0 Å². The number of carbonyl (C=O) groups is 1. The standard InChI is InChI=1S/C22H24FN3O4S/c23-18-4-8-21(9-5-18)31(28,29)25-19-6-2-17(3-7-19)16-22(27)26(13-1-12-24)20-10-14-30-15-11-20/h2-9,20,25H,1,10-11,13-16H2. The lowest BCUT2D eigenvalue weighted by atomic mass is 10.0. The molecule has 0 radical (unpaired) electrons. The molecule has 2 aromatic carbocycles. The number of nitrogens with one attached hydrogen (secondary N) is 1. The molecule has 0 aromatic heterocycles. The van der Waals surface area contributed by atoms with Crippen molar-refractivity contribution >= 4 is 21.6 Å². The number of sulfonamides is 1. The van der Waals surface area contributed by atoms with Gasteiger partial charge in [0.15, 0.2) is 0 Å². The van der Waals surface area contributed by atoms with E-state index >= 15 is 0 Å². The van der Waals surface area contributed by atoms with E-state index < -0.39 is 15.8 Å². The van der Waals surface area contributed by atoms with Crippen LogP contribution < -0.4 is 4.72 Å². The Bertz CT molecular complexity index is 1030. The van der Waals surface area contributed by atoms with Crippen LogP contribution in [-0.2, 0) is 26.0 Å². The Morgan fingerprint density at radius 1 is 1.13 bits per heavy atom. The summed E-state index contributed by atoms with van der Waals surface area (Å²) in [4.78, 5) is 14.6. The number of ether oxygens (including phenoxy) is 1. The van der Waals surface area contributed by atoms with Gasteiger partial charge in [-0.3, -0.25) is 9.52 Å². The molecule has 1 aliphatic heterocycles. The summed E-state index contributed by atoms with van der Waals surface area (Å²) in [5.41, 5.74) is 1.08. The average Bonchev–Trinajstić information content (AvgIpc) is 2.76. The number of halogens is 1. The summed E-state index contributed by atoms with van der Waals surface area (Å²) in [5, 5.41) is 8.92. The third-order valence-electron chi connectivity index (χ3n) is 5.10. The van der Waals surface area contributed by atoms with Gasteiger partial charge >= 0.3 is 0 Å². The van der Waals surface area contributed by atoms with Crippen LogP contribution in [0.2, 0.25) is 0 Å². The lowest BCUT2D eigenvalue weighted by Crippen LogP contribution is -2.44. The number of nitriles is 1. The van der Waals surface area contributed by atoms with Crippen LogP contribution in [0.5, 0.6) is 0 Å². The van der Waals surface area contributed by atoms with Crippen LogP contribution in [0.4, 0.5) is 10.1 Å². The summed E-state index contributed by atoms with van der Waals surface area (Å²) in [6.45, 7) is 1.59. The molecule has 1 saturated heterocycles. The number of rotatable bonds is 8. The zero-order chi connectivity index (χ0) is 22.3. The second-order valence-corrected chi connectivity index (χ2v) is 8.95. The molecule has 0 aliphatic carbocycles. The molecule has 0 spiro atoms. The van der Waals surface area contributed by atoms with Gasteiger partial charge in [0.25, 0.3) is 10.0 Å². The minimum absolute atomic E-state index is 0.0437. The van der Waals surface area contributed by atoms with E-state index in [9.17, 15) is 17.6 Å². The minimum Gasteiger partial charge on any atom is -0.381 e. The Labute approximate surface area is 181 Å². The molecule has 3 rings (SSSR count). The van der Waals surface area contributed by atoms with Crippen molar-refractivity contribution in [2.45, 2.75) is 36.6 Å². The van der Waals surface area contributed by atoms with E-state index in [-0.39, 0.29) is 29.7 Å². The molecule has 0 saturated carbocycles. The zero-order valence-corrected chi connectivity index (χ0v) is 17.8. The second-order valence-electron chi connectivity index (χ2n) is 7.27. The number of nitrogens with zero attached hydrogens (tertiary/aromatic N) is 2. The van der Waals surface area contributed by atoms with Gasteiger partial charge in [0.2, 0.25) is 5.91 Å². The third kappa shape index (κ3) is 6.26. The number of hydrogen-bond acceptors (Lipinski definition) is 5. The van der Waals surface area contributed by atoms with Crippen molar-refractivity contribution in [3.63, 3.8) is 0 Å². The summed E-state index contributed by atoms with van der Waals surface area (Å²) in [7, 11) is -3.84. The maximum absolute atomic E-state index is 13.0. The molecule has 9 heteroatoms. The Balaban J connectivity index is 1.65. The summed E-state index contributed by atoms with van der Waals surface area (Å²) in [5.74, 6) is -0.584. The van der Waals surface area contributed by atoms with Gasteiger partial charge < -0.3 is 9.64 Å². The maximum atomic E-state index is 13.0. The largest absolute Gasteiger partial charge is 0.381 e. The monoisotopic (exact) mass is 445 g/mol. The zero-order valence-electron chi connectivity index (χ0n) is 17.0. The SMILES string of the molecule is N#CCCN(C(=O)Cc1ccc(NS(=O)(=O)c2ccc(F)cc2)cc1)C1CCOCC1. The van der Waals surface area contributed by atoms with Crippen molar-refractivity contribution < 1.29 is 22.3 Å². The van der Waals surface area contributed by atoms with Crippen molar-refractivity contribution in [1.82, 2.24) is 4.90 Å². The van der Waals surface area contributed by atoms with Crippen LogP contribution in [0.3, 0.4) is 0 Å². The number of benzene rings is 2. The Morgan fingerprint density at radius 2 is 1.77 bits per heavy atom. The van der Waals surface area contributed by atoms with Crippen LogP contribution in [0, 0.1) is 17.1 Å². The topological polar surface area (TPSA) is 99.5 Å². The van der Waals surface area contributed by atoms with Crippen molar-refractivity contribution in [2.75, 3.05) is 24.5 Å². The highest BCUT2D eigenvalue weighted by Crippen LogP contribution is 2.19. The van der Waals surface area contributed by atoms with Gasteiger partial charge in [0.1, 0.15) is 5.82 Å². The van der Waals surface area contributed by atoms with E-state index in [1.807, 2.05) is 0 Å². The molecule has 164 valence electrons. The van der Waals surface area contributed by atoms with Gasteiger partial charge in [-0.15, -0.1) is 0 Å². The van der Waals surface area contributed by atoms with Gasteiger partial charge in [-0.25, -0.2) is 12.8 Å². The molecule has 0 atom stereocenters. The highest BCUT2D eigenvalue weighted by molar-refractivity contribution is 7.92. The van der Waals surface area contributed by atoms with Crippen LogP contribution in [0.15, 0.2) is 53.4 Å². The lowest BCUT2D eigenvalue weighted by Gasteiger charge is -2.34. The molecule has 2 aromatic rings. The summed E-state index contributed by atoms with van der Waals surface area (Å²) >= 11 is 0. The Hall–Kier alpha value is -2.96. The van der Waals surface area contributed by atoms with Crippen molar-refractivity contribution in [3.05, 3.63) is 59.9 Å². The third-order valence-corrected chi connectivity index (χ3v) is 6.50. The maximum Gasteiger partial charge on any atom is 0.261 e. The molecule has 1 heterocycles. The minimum atomic E-state index is -3.84. The van der Waals surface area contributed by atoms with Crippen molar-refractivity contribution in [3.8, 4) is 6.07 Å². The predicted octanol–water partition coefficient (Wildman–Crippen LogP) is 3.09. The first kappa shape index (κ1) is 22.7. The molecule has 31 heavy (non-hydrogen) atoms. The summed E-state index contributed by atoms with van der Waals surface area (Å²) in [6, 6.07) is 13.2. The molecule has 1 aliphatic rings. The fourth-order valence-corrected chi connectivity index (χ4v) is 4.53. The Kier molecular flexibility index (Phi) is 7.60. The van der Waals surface area contributed by atoms with Crippen LogP contribution in [0.1, 0.15) is 24.8 Å². The van der Waals surface area contributed by atoms with E-state index in [1.54, 1.807) is 29.2 Å². The fourth-order valence-electron chi connectivity index (χ4n) is 3.47. The number of anilines is 1. The van der Waals surface area contributed by atoms with Gasteiger partial charge in [0.05, 0.1) is 23.8 Å².